The molecule has 5 heterocycles. The molecular formula is C53H50N8O7. The van der Waals surface area contributed by atoms with E-state index < -0.39 is 29.7 Å². The summed E-state index contributed by atoms with van der Waals surface area (Å²) >= 11 is 0. The average Bonchev–Trinajstić information content (AvgIpc) is 3.62. The second-order valence-electron chi connectivity index (χ2n) is 17.0. The highest BCUT2D eigenvalue weighted by molar-refractivity contribution is 6.24. The summed E-state index contributed by atoms with van der Waals surface area (Å²) in [5, 5.41) is 6.46. The molecule has 0 radical (unpaired) electrons. The Kier molecular flexibility index (Phi) is 13.5. The number of para-hydroxylation sites is 1. The number of rotatable bonds is 15. The molecule has 344 valence electrons. The highest BCUT2D eigenvalue weighted by Crippen LogP contribution is 2.34. The first kappa shape index (κ1) is 45.2. The molecule has 2 aromatic heterocycles. The van der Waals surface area contributed by atoms with Gasteiger partial charge < -0.3 is 19.7 Å². The second-order valence-corrected chi connectivity index (χ2v) is 17.0. The highest BCUT2D eigenvalue weighted by Gasteiger charge is 2.46. The van der Waals surface area contributed by atoms with Crippen molar-refractivity contribution >= 4 is 46.3 Å². The Hall–Kier alpha value is -7.96. The number of unbranched alkanes of at least 4 members (excludes halogenated alkanes) is 2. The van der Waals surface area contributed by atoms with Gasteiger partial charge in [-0.2, -0.15) is 0 Å². The number of imide groups is 2. The average molecular weight is 911 g/mol. The van der Waals surface area contributed by atoms with E-state index in [1.165, 1.54) is 0 Å². The minimum Gasteiger partial charge on any atom is -0.493 e. The van der Waals surface area contributed by atoms with Crippen LogP contribution in [0.1, 0.15) is 85.6 Å². The maximum Gasteiger partial charge on any atom is 0.266 e. The Morgan fingerprint density at radius 1 is 0.897 bits per heavy atom. The number of nitrogens with one attached hydrogen (secondary N) is 2. The van der Waals surface area contributed by atoms with Crippen molar-refractivity contribution in [2.75, 3.05) is 45.7 Å². The minimum atomic E-state index is -1.02. The molecule has 6 aromatic rings. The van der Waals surface area contributed by atoms with Crippen LogP contribution >= 0.6 is 0 Å². The first-order chi connectivity index (χ1) is 33.1. The summed E-state index contributed by atoms with van der Waals surface area (Å²) in [4.78, 5) is 83.4. The number of amides is 5. The summed E-state index contributed by atoms with van der Waals surface area (Å²) in [5.74, 6) is 6.59. The van der Waals surface area contributed by atoms with E-state index in [-0.39, 0.29) is 29.9 Å². The molecule has 0 aliphatic carbocycles. The number of aromatic nitrogens is 3. The van der Waals surface area contributed by atoms with Crippen molar-refractivity contribution in [3.63, 3.8) is 0 Å². The summed E-state index contributed by atoms with van der Waals surface area (Å²) < 4.78 is 12.0. The van der Waals surface area contributed by atoms with E-state index >= 15 is 0 Å². The van der Waals surface area contributed by atoms with Crippen molar-refractivity contribution in [3.05, 3.63) is 142 Å². The summed E-state index contributed by atoms with van der Waals surface area (Å²) in [6, 6.07) is 29.0. The quantitative estimate of drug-likeness (QED) is 0.0656. The maximum absolute atomic E-state index is 13.7. The monoisotopic (exact) mass is 910 g/mol. The number of pyridine rings is 1. The van der Waals surface area contributed by atoms with Gasteiger partial charge >= 0.3 is 0 Å². The van der Waals surface area contributed by atoms with E-state index in [4.69, 9.17) is 19.4 Å². The van der Waals surface area contributed by atoms with Crippen LogP contribution in [0.15, 0.2) is 103 Å². The van der Waals surface area contributed by atoms with Crippen LogP contribution in [0.3, 0.4) is 0 Å². The molecule has 0 spiro atoms. The molecule has 68 heavy (non-hydrogen) atoms. The van der Waals surface area contributed by atoms with Crippen molar-refractivity contribution in [1.29, 1.82) is 0 Å². The largest absolute Gasteiger partial charge is 0.493 e. The van der Waals surface area contributed by atoms with Gasteiger partial charge in [-0.15, -0.1) is 0 Å². The number of ether oxygens (including phenoxy) is 2. The molecule has 0 bridgehead atoms. The number of hydrogen-bond acceptors (Lipinski definition) is 12. The van der Waals surface area contributed by atoms with E-state index in [0.717, 1.165) is 81.1 Å². The fraction of sp³-hybridized carbons (Fsp3) is 0.283. The standard InChI is InChI=1S/C53H50N8O7/c1-54-49-40-25-28-60(32-43(40)56-48(58-49)38-30-37-11-4-5-13-42(37)55-31-38)51(64)36-19-15-35(16-20-36)33-68-39-21-17-34(18-22-39)10-9-27-59(2)26-6-3-7-29-67-45-14-8-12-41-47(45)53(66)61(52(41)65)44-23-24-46(62)57-50(44)63/h4-5,8,11-22,30-31,44H,3,6-7,23-29,32-33H2,1-2H3,(H,54,56,58)(H,57,62,63). The normalized spacial score (nSPS) is 15.4. The Bertz CT molecular complexity index is 2980. The number of anilines is 1. The number of carbonyl (C=O) groups excluding carboxylic acids is 5. The molecule has 4 aromatic carbocycles. The van der Waals surface area contributed by atoms with Gasteiger partial charge in [-0.3, -0.25) is 44.1 Å². The van der Waals surface area contributed by atoms with E-state index in [1.807, 2.05) is 97.9 Å². The lowest BCUT2D eigenvalue weighted by molar-refractivity contribution is -0.136. The zero-order valence-electron chi connectivity index (χ0n) is 37.9. The van der Waals surface area contributed by atoms with Crippen LogP contribution in [-0.4, -0.2) is 106 Å². The topological polar surface area (TPSA) is 176 Å². The van der Waals surface area contributed by atoms with Gasteiger partial charge in [0.05, 0.1) is 42.0 Å². The third-order valence-electron chi connectivity index (χ3n) is 12.4. The fourth-order valence-corrected chi connectivity index (χ4v) is 8.66. The van der Waals surface area contributed by atoms with E-state index in [2.05, 4.69) is 32.4 Å². The van der Waals surface area contributed by atoms with Crippen LogP contribution in [0.5, 0.6) is 11.5 Å². The summed E-state index contributed by atoms with van der Waals surface area (Å²) in [6.45, 7) is 3.11. The predicted molar refractivity (Wildman–Crippen MR) is 255 cm³/mol. The Balaban J connectivity index is 0.690. The van der Waals surface area contributed by atoms with E-state index in [9.17, 15) is 24.0 Å². The van der Waals surface area contributed by atoms with E-state index in [1.54, 1.807) is 24.4 Å². The molecule has 0 saturated carbocycles. The molecule has 3 aliphatic rings. The Labute approximate surface area is 393 Å². The lowest BCUT2D eigenvalue weighted by Gasteiger charge is -2.29. The predicted octanol–water partition coefficient (Wildman–Crippen LogP) is 6.44. The summed E-state index contributed by atoms with van der Waals surface area (Å²) in [6.07, 6.45) is 5.17. The molecule has 2 N–H and O–H groups in total. The van der Waals surface area contributed by atoms with Crippen molar-refractivity contribution in [1.82, 2.24) is 35.0 Å². The van der Waals surface area contributed by atoms with Gasteiger partial charge in [0.1, 0.15) is 30.0 Å². The van der Waals surface area contributed by atoms with Crippen LogP contribution in [0, 0.1) is 11.8 Å². The smallest absolute Gasteiger partial charge is 0.266 e. The van der Waals surface area contributed by atoms with Crippen LogP contribution in [0.2, 0.25) is 0 Å². The molecule has 1 unspecified atom stereocenters. The van der Waals surface area contributed by atoms with Crippen LogP contribution in [0.25, 0.3) is 22.3 Å². The lowest BCUT2D eigenvalue weighted by atomic mass is 10.0. The summed E-state index contributed by atoms with van der Waals surface area (Å²) in [7, 11) is 3.88. The molecule has 1 saturated heterocycles. The molecule has 5 amide bonds. The zero-order chi connectivity index (χ0) is 47.1. The number of benzene rings is 4. The lowest BCUT2D eigenvalue weighted by Crippen LogP contribution is -2.54. The molecule has 9 rings (SSSR count). The van der Waals surface area contributed by atoms with Gasteiger partial charge in [0.2, 0.25) is 11.8 Å². The first-order valence-electron chi connectivity index (χ1n) is 22.8. The Morgan fingerprint density at radius 3 is 2.53 bits per heavy atom. The van der Waals surface area contributed by atoms with Gasteiger partial charge in [-0.25, -0.2) is 9.97 Å². The molecule has 1 atom stereocenters. The van der Waals surface area contributed by atoms with Crippen molar-refractivity contribution in [2.24, 2.45) is 0 Å². The minimum absolute atomic E-state index is 0.0525. The number of hydrogen-bond donors (Lipinski definition) is 2. The van der Waals surface area contributed by atoms with Crippen molar-refractivity contribution in [3.8, 4) is 34.7 Å². The number of fused-ring (bicyclic) bond motifs is 3. The highest BCUT2D eigenvalue weighted by atomic mass is 16.5. The van der Waals surface area contributed by atoms with Crippen LogP contribution in [0.4, 0.5) is 5.82 Å². The number of nitrogens with zero attached hydrogens (tertiary/aromatic N) is 6. The maximum atomic E-state index is 13.7. The first-order valence-corrected chi connectivity index (χ1v) is 22.8. The molecule has 15 heteroatoms. The number of carbonyl (C=O) groups is 5. The molecule has 1 fully saturated rings. The second kappa shape index (κ2) is 20.3. The van der Waals surface area contributed by atoms with Crippen LogP contribution in [-0.2, 0) is 29.2 Å². The molecule has 3 aliphatic heterocycles. The van der Waals surface area contributed by atoms with Gasteiger partial charge in [-0.1, -0.05) is 48.2 Å². The molecular weight excluding hydrogens is 861 g/mol. The van der Waals surface area contributed by atoms with Gasteiger partial charge in [0.15, 0.2) is 5.82 Å². The van der Waals surface area contributed by atoms with Crippen LogP contribution < -0.4 is 20.1 Å². The van der Waals surface area contributed by atoms with Gasteiger partial charge in [-0.05, 0) is 112 Å². The summed E-state index contributed by atoms with van der Waals surface area (Å²) in [5.41, 5.74) is 6.37. The third kappa shape index (κ3) is 9.91. The van der Waals surface area contributed by atoms with Crippen molar-refractivity contribution in [2.45, 2.75) is 57.7 Å². The molecule has 15 nitrogen and oxygen atoms in total. The fourth-order valence-electron chi connectivity index (χ4n) is 8.66. The van der Waals surface area contributed by atoms with Gasteiger partial charge in [0.25, 0.3) is 17.7 Å². The van der Waals surface area contributed by atoms with E-state index in [0.29, 0.717) is 56.4 Å². The van der Waals surface area contributed by atoms with Gasteiger partial charge in [0, 0.05) is 53.9 Å². The SMILES string of the molecule is CNc1nc(-c2cnc3ccccc3c2)nc2c1CCN(C(=O)c1ccc(COc3ccc(C#CCN(C)CCCCCOc4cccc5c4C(=O)N(C4CCC(=O)NC4=O)C5=O)cc3)cc1)C2. The third-order valence-corrected chi connectivity index (χ3v) is 12.4. The zero-order valence-corrected chi connectivity index (χ0v) is 37.9. The number of piperidine rings is 1. The Morgan fingerprint density at radius 2 is 1.72 bits per heavy atom. The van der Waals surface area contributed by atoms with Crippen molar-refractivity contribution < 1.29 is 33.4 Å².